The summed E-state index contributed by atoms with van der Waals surface area (Å²) in [5, 5.41) is 14.7. The standard InChI is InChI=1S/C38H65N3O9/c1-10-28-38(7)30(39-35(45)50-38)24(3)15-14-23(2)21-37(6)32(25(4)31(43)36(5,16-19-46-37)34(44)48-28)49-33-29(42)27(40(8)9)20-26(47-33)22-41-17-12-11-13-18-41/h23-30,32-33,42H,10-22H2,1-9H3,(H,39,45)/t23-,24-,25-,26-,27-,28+,29+,30+,32+,33-,36+,37+,38+/m0/s1. The first kappa shape index (κ1) is 39.4. The maximum atomic E-state index is 14.7. The first-order chi connectivity index (χ1) is 23.5. The molecule has 1 amide bonds. The number of amides is 1. The zero-order valence-electron chi connectivity index (χ0n) is 32.1. The Kier molecular flexibility index (Phi) is 12.3. The molecule has 12 nitrogen and oxygen atoms in total. The first-order valence-electron chi connectivity index (χ1n) is 19.3. The van der Waals surface area contributed by atoms with Gasteiger partial charge in [0.15, 0.2) is 17.7 Å². The lowest BCUT2D eigenvalue weighted by atomic mass is 9.70. The summed E-state index contributed by atoms with van der Waals surface area (Å²) in [5.41, 5.74) is -3.56. The van der Waals surface area contributed by atoms with E-state index < -0.39 is 59.2 Å². The Balaban J connectivity index is 1.49. The minimum Gasteiger partial charge on any atom is -0.457 e. The fraction of sp³-hybridized carbons (Fsp3) is 0.921. The van der Waals surface area contributed by atoms with E-state index in [9.17, 15) is 19.5 Å². The van der Waals surface area contributed by atoms with Gasteiger partial charge < -0.3 is 43.9 Å². The number of hydrogen-bond acceptors (Lipinski definition) is 11. The highest BCUT2D eigenvalue weighted by Gasteiger charge is 2.58. The number of carbonyl (C=O) groups is 3. The molecule has 0 aromatic heterocycles. The Bertz CT molecular complexity index is 1210. The summed E-state index contributed by atoms with van der Waals surface area (Å²) in [6.45, 7) is 16.4. The second kappa shape index (κ2) is 15.6. The van der Waals surface area contributed by atoms with Crippen molar-refractivity contribution in [1.29, 1.82) is 0 Å². The lowest BCUT2D eigenvalue weighted by Crippen LogP contribution is -2.62. The van der Waals surface area contributed by atoms with Crippen LogP contribution in [0.5, 0.6) is 0 Å². The largest absolute Gasteiger partial charge is 0.457 e. The molecule has 0 aliphatic carbocycles. The van der Waals surface area contributed by atoms with Crippen LogP contribution >= 0.6 is 0 Å². The van der Waals surface area contributed by atoms with Crippen LogP contribution in [-0.4, -0.2) is 127 Å². The zero-order chi connectivity index (χ0) is 36.6. The van der Waals surface area contributed by atoms with Crippen LogP contribution in [0.25, 0.3) is 0 Å². The number of fused-ring (bicyclic) bond motifs is 10. The minimum absolute atomic E-state index is 0.0219. The van der Waals surface area contributed by atoms with Gasteiger partial charge in [-0.2, -0.15) is 0 Å². The molecule has 6 aliphatic rings. The Morgan fingerprint density at radius 3 is 2.40 bits per heavy atom. The van der Waals surface area contributed by atoms with Gasteiger partial charge in [0.1, 0.15) is 17.6 Å². The maximum Gasteiger partial charge on any atom is 0.408 e. The van der Waals surface area contributed by atoms with Crippen LogP contribution in [0.3, 0.4) is 0 Å². The number of carbonyl (C=O) groups excluding carboxylic acids is 3. The molecular formula is C38H65N3O9. The normalized spacial score (nSPS) is 45.5. The minimum atomic E-state index is -1.54. The molecule has 6 rings (SSSR count). The van der Waals surface area contributed by atoms with Crippen LogP contribution < -0.4 is 5.32 Å². The number of ether oxygens (including phenoxy) is 5. The lowest BCUT2D eigenvalue weighted by Gasteiger charge is -2.49. The molecule has 13 atom stereocenters. The third-order valence-electron chi connectivity index (χ3n) is 12.8. The monoisotopic (exact) mass is 707 g/mol. The highest BCUT2D eigenvalue weighted by atomic mass is 16.7. The van der Waals surface area contributed by atoms with Crippen molar-refractivity contribution in [3.05, 3.63) is 0 Å². The topological polar surface area (TPSA) is 136 Å². The number of ketones is 1. The SMILES string of the molecule is CC[C@H]1OC(=O)[C@]2(C)CCO[C@](C)(C[C@@H](C)CC[C@H](C)[C@H]3NC(=O)O[C@@]31C)[C@H](O[C@@H]1O[C@H](CN3CCCCC3)C[C@H](N(C)C)[C@H]1O)[C@@H](C)C2=O. The third-order valence-corrected chi connectivity index (χ3v) is 12.8. The maximum absolute atomic E-state index is 14.7. The number of aliphatic hydroxyl groups excluding tert-OH is 1. The molecule has 6 fully saturated rings. The van der Waals surface area contributed by atoms with E-state index in [2.05, 4.69) is 24.1 Å². The number of aliphatic hydroxyl groups is 1. The number of alkyl carbamates (subject to hydrolysis) is 1. The van der Waals surface area contributed by atoms with Gasteiger partial charge in [-0.15, -0.1) is 0 Å². The predicted molar refractivity (Wildman–Crippen MR) is 187 cm³/mol. The van der Waals surface area contributed by atoms with Gasteiger partial charge in [-0.3, -0.25) is 9.59 Å². The Labute approximate surface area is 299 Å². The Morgan fingerprint density at radius 1 is 1.04 bits per heavy atom. The summed E-state index contributed by atoms with van der Waals surface area (Å²) < 4.78 is 32.4. The quantitative estimate of drug-likeness (QED) is 0.302. The molecule has 0 radical (unpaired) electrons. The summed E-state index contributed by atoms with van der Waals surface area (Å²) in [5.74, 6) is -1.56. The molecule has 6 heterocycles. The summed E-state index contributed by atoms with van der Waals surface area (Å²) in [6.07, 6.45) is 2.78. The molecule has 50 heavy (non-hydrogen) atoms. The average molecular weight is 708 g/mol. The van der Waals surface area contributed by atoms with E-state index in [-0.39, 0.29) is 48.8 Å². The van der Waals surface area contributed by atoms with Crippen LogP contribution in [0.1, 0.15) is 106 Å². The molecule has 0 aromatic carbocycles. The number of Topliss-reactive ketones (excluding diaryl/α,β-unsaturated/α-hetero) is 1. The molecular weight excluding hydrogens is 642 g/mol. The van der Waals surface area contributed by atoms with Crippen LogP contribution in [0.2, 0.25) is 0 Å². The van der Waals surface area contributed by atoms with Crippen molar-refractivity contribution in [1.82, 2.24) is 15.1 Å². The number of rotatable bonds is 6. The van der Waals surface area contributed by atoms with Gasteiger partial charge in [0, 0.05) is 25.1 Å². The average Bonchev–Trinajstić information content (AvgIpc) is 3.38. The summed E-state index contributed by atoms with van der Waals surface area (Å²) in [7, 11) is 3.93. The highest BCUT2D eigenvalue weighted by molar-refractivity contribution is 6.04. The number of esters is 1. The van der Waals surface area contributed by atoms with Gasteiger partial charge in [-0.25, -0.2) is 4.79 Å². The van der Waals surface area contributed by atoms with Crippen molar-refractivity contribution in [3.63, 3.8) is 0 Å². The number of piperidine rings is 1. The molecule has 0 unspecified atom stereocenters. The molecule has 2 bridgehead atoms. The van der Waals surface area contributed by atoms with Crippen molar-refractivity contribution >= 4 is 17.8 Å². The fourth-order valence-electron chi connectivity index (χ4n) is 9.65. The summed E-state index contributed by atoms with van der Waals surface area (Å²) in [4.78, 5) is 46.1. The van der Waals surface area contributed by atoms with Crippen LogP contribution in [0, 0.1) is 23.2 Å². The van der Waals surface area contributed by atoms with E-state index in [1.165, 1.54) is 19.3 Å². The van der Waals surface area contributed by atoms with E-state index in [1.807, 2.05) is 39.8 Å². The summed E-state index contributed by atoms with van der Waals surface area (Å²) >= 11 is 0. The fourth-order valence-corrected chi connectivity index (χ4v) is 9.65. The van der Waals surface area contributed by atoms with E-state index in [0.29, 0.717) is 19.3 Å². The van der Waals surface area contributed by atoms with Gasteiger partial charge in [0.25, 0.3) is 0 Å². The smallest absolute Gasteiger partial charge is 0.408 e. The Hall–Kier alpha value is -1.83. The van der Waals surface area contributed by atoms with Gasteiger partial charge in [0.05, 0.1) is 23.9 Å². The van der Waals surface area contributed by atoms with Crippen molar-refractivity contribution < 1.29 is 43.2 Å². The molecule has 12 heteroatoms. The van der Waals surface area contributed by atoms with Gasteiger partial charge in [-0.05, 0) is 105 Å². The number of nitrogens with zero attached hydrogens (tertiary/aromatic N) is 2. The van der Waals surface area contributed by atoms with E-state index in [4.69, 9.17) is 23.7 Å². The van der Waals surface area contributed by atoms with Crippen LogP contribution in [0.4, 0.5) is 4.79 Å². The van der Waals surface area contributed by atoms with Gasteiger partial charge in [0.2, 0.25) is 0 Å². The van der Waals surface area contributed by atoms with Crippen molar-refractivity contribution in [2.75, 3.05) is 40.3 Å². The highest BCUT2D eigenvalue weighted by Crippen LogP contribution is 2.44. The second-order valence-corrected chi connectivity index (χ2v) is 17.1. The first-order valence-corrected chi connectivity index (χ1v) is 19.3. The van der Waals surface area contributed by atoms with E-state index >= 15 is 0 Å². The van der Waals surface area contributed by atoms with E-state index in [0.717, 1.165) is 32.5 Å². The predicted octanol–water partition coefficient (Wildman–Crippen LogP) is 4.30. The summed E-state index contributed by atoms with van der Waals surface area (Å²) in [6, 6.07) is -0.575. The third kappa shape index (κ3) is 7.90. The molecule has 6 saturated heterocycles. The van der Waals surface area contributed by atoms with Crippen LogP contribution in [0.15, 0.2) is 0 Å². The molecule has 286 valence electrons. The van der Waals surface area contributed by atoms with Crippen molar-refractivity contribution in [3.8, 4) is 0 Å². The van der Waals surface area contributed by atoms with Crippen molar-refractivity contribution in [2.45, 2.75) is 160 Å². The Morgan fingerprint density at radius 2 is 1.74 bits per heavy atom. The van der Waals surface area contributed by atoms with Gasteiger partial charge in [-0.1, -0.05) is 40.5 Å². The second-order valence-electron chi connectivity index (χ2n) is 17.1. The lowest BCUT2D eigenvalue weighted by molar-refractivity contribution is -0.303. The molecule has 6 aliphatic heterocycles. The number of likely N-dealkylation sites (N-methyl/N-ethyl adjacent to an activating group) is 1. The number of likely N-dealkylation sites (tertiary alicyclic amines) is 1. The molecule has 0 aromatic rings. The van der Waals surface area contributed by atoms with Crippen molar-refractivity contribution in [2.24, 2.45) is 23.2 Å². The van der Waals surface area contributed by atoms with Crippen LogP contribution in [-0.2, 0) is 33.3 Å². The number of nitrogens with one attached hydrogen (secondary N) is 1. The molecule has 2 N–H and O–H groups in total. The molecule has 0 spiro atoms. The number of hydrogen-bond donors (Lipinski definition) is 2. The molecule has 0 saturated carbocycles. The van der Waals surface area contributed by atoms with Gasteiger partial charge >= 0.3 is 12.1 Å². The van der Waals surface area contributed by atoms with E-state index in [1.54, 1.807) is 13.8 Å². The zero-order valence-corrected chi connectivity index (χ0v) is 32.1.